The van der Waals surface area contributed by atoms with Gasteiger partial charge in [0.2, 0.25) is 5.69 Å². The first-order chi connectivity index (χ1) is 12.6. The Bertz CT molecular complexity index is 982. The van der Waals surface area contributed by atoms with Gasteiger partial charge in [-0.1, -0.05) is 31.2 Å². The van der Waals surface area contributed by atoms with Gasteiger partial charge in [0.15, 0.2) is 6.54 Å². The fraction of sp³-hybridized carbons (Fsp3) is 0.190. The van der Waals surface area contributed by atoms with Crippen LogP contribution in [0.4, 0.5) is 17.1 Å². The fourth-order valence-electron chi connectivity index (χ4n) is 2.82. The molecule has 0 spiro atoms. The van der Waals surface area contributed by atoms with Crippen molar-refractivity contribution in [3.05, 3.63) is 60.2 Å². The van der Waals surface area contributed by atoms with Crippen LogP contribution in [0.1, 0.15) is 12.5 Å². The molecule has 3 rings (SSSR count). The molecule has 132 valence electrons. The minimum atomic E-state index is 0.0975. The van der Waals surface area contributed by atoms with Crippen LogP contribution in [0.3, 0.4) is 0 Å². The van der Waals surface area contributed by atoms with E-state index >= 15 is 0 Å². The third kappa shape index (κ3) is 3.75. The SMILES string of the molecule is C=[N+](CCCl)c1ccc2ccc(O)c(N=Nc3ccccc3CC)c2c1. The van der Waals surface area contributed by atoms with E-state index in [0.29, 0.717) is 18.1 Å². The number of aryl methyl sites for hydroxylation is 1. The lowest BCUT2D eigenvalue weighted by atomic mass is 10.1. The van der Waals surface area contributed by atoms with E-state index in [1.54, 1.807) is 6.07 Å². The molecule has 0 bridgehead atoms. The highest BCUT2D eigenvalue weighted by atomic mass is 35.5. The van der Waals surface area contributed by atoms with Crippen molar-refractivity contribution in [3.63, 3.8) is 0 Å². The van der Waals surface area contributed by atoms with Crippen LogP contribution in [0.5, 0.6) is 5.75 Å². The number of azo groups is 1. The molecule has 0 saturated heterocycles. The van der Waals surface area contributed by atoms with E-state index < -0.39 is 0 Å². The Balaban J connectivity index is 2.09. The predicted molar refractivity (Wildman–Crippen MR) is 108 cm³/mol. The third-order valence-corrected chi connectivity index (χ3v) is 4.47. The maximum Gasteiger partial charge on any atom is 0.205 e. The van der Waals surface area contributed by atoms with E-state index in [1.165, 1.54) is 0 Å². The average molecular weight is 367 g/mol. The Kier molecular flexibility index (Phi) is 5.64. The highest BCUT2D eigenvalue weighted by Crippen LogP contribution is 2.38. The van der Waals surface area contributed by atoms with E-state index in [0.717, 1.165) is 34.1 Å². The van der Waals surface area contributed by atoms with Crippen molar-refractivity contribution in [1.82, 2.24) is 0 Å². The van der Waals surface area contributed by atoms with Crippen molar-refractivity contribution in [2.75, 3.05) is 12.4 Å². The van der Waals surface area contributed by atoms with Gasteiger partial charge >= 0.3 is 0 Å². The Labute approximate surface area is 158 Å². The lowest BCUT2D eigenvalue weighted by Crippen LogP contribution is -2.05. The first-order valence-corrected chi connectivity index (χ1v) is 9.07. The summed E-state index contributed by atoms with van der Waals surface area (Å²) in [7, 11) is 0. The van der Waals surface area contributed by atoms with E-state index in [4.69, 9.17) is 11.6 Å². The van der Waals surface area contributed by atoms with E-state index in [1.807, 2.05) is 53.1 Å². The van der Waals surface area contributed by atoms with E-state index in [-0.39, 0.29) is 5.75 Å². The van der Waals surface area contributed by atoms with Crippen LogP contribution in [-0.2, 0) is 6.42 Å². The van der Waals surface area contributed by atoms with Crippen LogP contribution in [0.2, 0.25) is 0 Å². The lowest BCUT2D eigenvalue weighted by molar-refractivity contribution is -0.425. The maximum atomic E-state index is 10.3. The van der Waals surface area contributed by atoms with Crippen LogP contribution in [0.25, 0.3) is 10.8 Å². The molecule has 3 aromatic rings. The van der Waals surface area contributed by atoms with Gasteiger partial charge in [-0.25, -0.2) is 4.58 Å². The molecule has 4 nitrogen and oxygen atoms in total. The topological polar surface area (TPSA) is 48.0 Å². The number of hydrogen-bond acceptors (Lipinski definition) is 3. The van der Waals surface area contributed by atoms with E-state index in [9.17, 15) is 5.11 Å². The summed E-state index contributed by atoms with van der Waals surface area (Å²) in [5.41, 5.74) is 3.29. The molecular weight excluding hydrogens is 346 g/mol. The van der Waals surface area contributed by atoms with Gasteiger partial charge in [-0.05, 0) is 35.6 Å². The minimum absolute atomic E-state index is 0.0975. The molecule has 0 fully saturated rings. The zero-order valence-corrected chi connectivity index (χ0v) is 15.4. The molecule has 0 aliphatic carbocycles. The molecule has 0 aromatic heterocycles. The first kappa shape index (κ1) is 18.1. The number of aromatic hydroxyl groups is 1. The van der Waals surface area contributed by atoms with Crippen molar-refractivity contribution >= 4 is 46.2 Å². The highest BCUT2D eigenvalue weighted by molar-refractivity contribution is 6.18. The predicted octanol–water partition coefficient (Wildman–Crippen LogP) is 6.11. The standard InChI is InChI=1S/C21H20ClN3O/c1-3-15-6-4-5-7-19(15)23-24-21-18-14-17(25(2)13-12-22)10-8-16(18)9-11-20(21)26/h4-11,14H,2-3,12-13H2,1H3/p+1. The summed E-state index contributed by atoms with van der Waals surface area (Å²) in [4.78, 5) is 0. The molecule has 0 atom stereocenters. The van der Waals surface area contributed by atoms with Gasteiger partial charge < -0.3 is 5.11 Å². The summed E-state index contributed by atoms with van der Waals surface area (Å²) in [6, 6.07) is 17.3. The van der Waals surface area contributed by atoms with Gasteiger partial charge in [-0.15, -0.1) is 16.7 Å². The molecule has 0 amide bonds. The third-order valence-electron chi connectivity index (χ3n) is 4.31. The normalized spacial score (nSPS) is 11.3. The second-order valence-electron chi connectivity index (χ2n) is 5.97. The van der Waals surface area contributed by atoms with Crippen molar-refractivity contribution in [3.8, 4) is 5.75 Å². The summed E-state index contributed by atoms with van der Waals surface area (Å²) < 4.78 is 1.82. The largest absolute Gasteiger partial charge is 0.506 e. The average Bonchev–Trinajstić information content (AvgIpc) is 2.67. The van der Waals surface area contributed by atoms with Gasteiger partial charge in [0, 0.05) is 17.5 Å². The number of benzene rings is 3. The van der Waals surface area contributed by atoms with Gasteiger partial charge in [0.1, 0.15) is 18.2 Å². The number of nitrogens with zero attached hydrogens (tertiary/aromatic N) is 3. The van der Waals surface area contributed by atoms with Crippen LogP contribution < -0.4 is 0 Å². The van der Waals surface area contributed by atoms with Crippen molar-refractivity contribution < 1.29 is 9.68 Å². The molecule has 0 aliphatic rings. The van der Waals surface area contributed by atoms with E-state index in [2.05, 4.69) is 23.9 Å². The number of alkyl halides is 1. The molecule has 0 radical (unpaired) electrons. The fourth-order valence-corrected chi connectivity index (χ4v) is 3.03. The summed E-state index contributed by atoms with van der Waals surface area (Å²) in [6.07, 6.45) is 0.871. The van der Waals surface area contributed by atoms with Crippen LogP contribution in [0.15, 0.2) is 64.8 Å². The molecule has 0 heterocycles. The van der Waals surface area contributed by atoms with Crippen LogP contribution in [0, 0.1) is 0 Å². The summed E-state index contributed by atoms with van der Waals surface area (Å²) >= 11 is 5.81. The van der Waals surface area contributed by atoms with Crippen molar-refractivity contribution in [1.29, 1.82) is 0 Å². The Morgan fingerprint density at radius 1 is 1.08 bits per heavy atom. The number of phenolic OH excluding ortho intramolecular Hbond substituents is 1. The zero-order valence-electron chi connectivity index (χ0n) is 14.7. The van der Waals surface area contributed by atoms with Crippen LogP contribution in [-0.4, -0.2) is 28.8 Å². The molecular formula is C21H21ClN3O+. The number of halogens is 1. The lowest BCUT2D eigenvalue weighted by Gasteiger charge is -2.06. The second kappa shape index (κ2) is 8.11. The maximum absolute atomic E-state index is 10.3. The molecule has 0 unspecified atom stereocenters. The number of phenols is 1. The quantitative estimate of drug-likeness (QED) is 0.243. The summed E-state index contributed by atoms with van der Waals surface area (Å²) in [5, 5.41) is 20.9. The number of fused-ring (bicyclic) bond motifs is 1. The molecule has 26 heavy (non-hydrogen) atoms. The molecule has 1 N–H and O–H groups in total. The highest BCUT2D eigenvalue weighted by Gasteiger charge is 2.12. The Morgan fingerprint density at radius 3 is 2.62 bits per heavy atom. The number of hydrogen-bond donors (Lipinski definition) is 1. The van der Waals surface area contributed by atoms with Crippen molar-refractivity contribution in [2.24, 2.45) is 10.2 Å². The van der Waals surface area contributed by atoms with Gasteiger partial charge in [0.05, 0.1) is 11.6 Å². The second-order valence-corrected chi connectivity index (χ2v) is 6.35. The minimum Gasteiger partial charge on any atom is -0.506 e. The first-order valence-electron chi connectivity index (χ1n) is 8.53. The Morgan fingerprint density at radius 2 is 1.85 bits per heavy atom. The summed E-state index contributed by atoms with van der Waals surface area (Å²) in [6.45, 7) is 6.72. The molecule has 5 heteroatoms. The van der Waals surface area contributed by atoms with Gasteiger partial charge in [-0.3, -0.25) is 0 Å². The molecule has 0 aliphatic heterocycles. The molecule has 0 saturated carbocycles. The Hall–Kier alpha value is -2.72. The smallest absolute Gasteiger partial charge is 0.205 e. The van der Waals surface area contributed by atoms with Crippen molar-refractivity contribution in [2.45, 2.75) is 13.3 Å². The zero-order chi connectivity index (χ0) is 18.5. The van der Waals surface area contributed by atoms with Gasteiger partial charge in [0.25, 0.3) is 0 Å². The molecule has 3 aromatic carbocycles. The monoisotopic (exact) mass is 366 g/mol. The van der Waals surface area contributed by atoms with Gasteiger partial charge in [-0.2, -0.15) is 5.11 Å². The summed E-state index contributed by atoms with van der Waals surface area (Å²) in [5.74, 6) is 0.586. The van der Waals surface area contributed by atoms with Crippen LogP contribution >= 0.6 is 11.6 Å². The number of rotatable bonds is 6.